The van der Waals surface area contributed by atoms with E-state index in [1.165, 1.54) is 36.0 Å². The Morgan fingerprint density at radius 3 is 2.48 bits per heavy atom. The quantitative estimate of drug-likeness (QED) is 0.144. The number of hydrogen-bond donors (Lipinski definition) is 2. The van der Waals surface area contributed by atoms with Crippen LogP contribution in [0.15, 0.2) is 57.8 Å². The number of nitrogens with one attached hydrogen (secondary N) is 2. The van der Waals surface area contributed by atoms with Gasteiger partial charge in [-0.25, -0.2) is 31.0 Å². The number of nitrogens with zero attached hydrogens (tertiary/aromatic N) is 6. The highest BCUT2D eigenvalue weighted by Crippen LogP contribution is 2.68. The minimum absolute atomic E-state index is 0.00555. The molecule has 292 valence electrons. The van der Waals surface area contributed by atoms with Crippen molar-refractivity contribution in [3.63, 3.8) is 0 Å². The van der Waals surface area contributed by atoms with Crippen molar-refractivity contribution in [2.75, 3.05) is 11.0 Å². The average molecular weight is 884 g/mol. The molecule has 0 bridgehead atoms. The third-order valence-electron chi connectivity index (χ3n) is 9.77. The second-order valence-electron chi connectivity index (χ2n) is 13.7. The van der Waals surface area contributed by atoms with Crippen LogP contribution in [0.5, 0.6) is 0 Å². The second-order valence-corrected chi connectivity index (χ2v) is 16.8. The number of anilines is 1. The van der Waals surface area contributed by atoms with Crippen LogP contribution < -0.4 is 15.6 Å². The first-order valence-electron chi connectivity index (χ1n) is 16.7. The van der Waals surface area contributed by atoms with Crippen molar-refractivity contribution < 1.29 is 39.6 Å². The summed E-state index contributed by atoms with van der Waals surface area (Å²) in [5, 5.41) is 10.8. The molecule has 12 nitrogen and oxygen atoms in total. The third kappa shape index (κ3) is 6.49. The van der Waals surface area contributed by atoms with Crippen molar-refractivity contribution in [1.82, 2.24) is 34.4 Å². The summed E-state index contributed by atoms with van der Waals surface area (Å²) in [6.07, 6.45) is -2.72. The number of halogens is 8. The maximum Gasteiger partial charge on any atom is 0.293 e. The number of amides is 1. The fraction of sp³-hybridized carbons (Fsp3) is 0.286. The molecular formula is C35H26BrClF6N8O4S. The highest BCUT2D eigenvalue weighted by Gasteiger charge is 2.67. The molecular weight excluding hydrogens is 858 g/mol. The van der Waals surface area contributed by atoms with E-state index < -0.39 is 87.7 Å². The number of aromatic nitrogens is 6. The predicted octanol–water partition coefficient (Wildman–Crippen LogP) is 6.78. The maximum absolute atomic E-state index is 15.4. The lowest BCUT2D eigenvalue weighted by molar-refractivity contribution is -0.123. The van der Waals surface area contributed by atoms with Gasteiger partial charge in [-0.2, -0.15) is 19.0 Å². The van der Waals surface area contributed by atoms with E-state index in [0.29, 0.717) is 15.2 Å². The lowest BCUT2D eigenvalue weighted by Gasteiger charge is -2.24. The van der Waals surface area contributed by atoms with Crippen LogP contribution in [0, 0.1) is 17.6 Å². The molecule has 21 heteroatoms. The van der Waals surface area contributed by atoms with Crippen LogP contribution in [0.25, 0.3) is 27.5 Å². The highest BCUT2D eigenvalue weighted by atomic mass is 79.9. The van der Waals surface area contributed by atoms with E-state index in [2.05, 4.69) is 36.2 Å². The molecule has 2 aliphatic rings. The van der Waals surface area contributed by atoms with Gasteiger partial charge in [-0.1, -0.05) is 27.5 Å². The maximum atomic E-state index is 15.4. The van der Waals surface area contributed by atoms with E-state index in [4.69, 9.17) is 16.6 Å². The predicted molar refractivity (Wildman–Crippen MR) is 196 cm³/mol. The molecule has 1 unspecified atom stereocenters. The third-order valence-corrected chi connectivity index (χ3v) is 11.1. The zero-order valence-corrected chi connectivity index (χ0v) is 32.0. The molecule has 1 saturated carbocycles. The van der Waals surface area contributed by atoms with Gasteiger partial charge in [0.25, 0.3) is 17.9 Å². The molecule has 0 aliphatic heterocycles. The van der Waals surface area contributed by atoms with Crippen LogP contribution in [0.4, 0.5) is 32.2 Å². The Kier molecular flexibility index (Phi) is 9.03. The SMILES string of the molecule is Cn1nc(NS(C)(=O)=O)c2c(Cl)ccc(-n3c(C(Cc4cc(F)cc(F)c4)NC(=O)Cn4nc(C(F)F)c5c4C(F)(F)[C@@H]4C[C@H]54)nc4cc(Br)ccc4c3=O)c21. The zero-order chi connectivity index (χ0) is 40.2. The topological polar surface area (TPSA) is 146 Å². The first kappa shape index (κ1) is 37.9. The van der Waals surface area contributed by atoms with Gasteiger partial charge in [-0.15, -0.1) is 0 Å². The van der Waals surface area contributed by atoms with Gasteiger partial charge in [-0.3, -0.25) is 28.2 Å². The number of rotatable bonds is 10. The summed E-state index contributed by atoms with van der Waals surface area (Å²) < 4.78 is 118. The Bertz CT molecular complexity index is 2810. The van der Waals surface area contributed by atoms with Crippen LogP contribution in [0.1, 0.15) is 53.1 Å². The number of carbonyl (C=O) groups is 1. The van der Waals surface area contributed by atoms with E-state index in [-0.39, 0.29) is 61.7 Å². The van der Waals surface area contributed by atoms with Crippen molar-refractivity contribution in [2.45, 2.75) is 43.7 Å². The van der Waals surface area contributed by atoms with Crippen molar-refractivity contribution in [3.05, 3.63) is 108 Å². The Morgan fingerprint density at radius 1 is 1.09 bits per heavy atom. The van der Waals surface area contributed by atoms with Crippen LogP contribution in [-0.4, -0.2) is 49.7 Å². The molecule has 1 amide bonds. The number of carbonyl (C=O) groups excluding carboxylic acids is 1. The largest absolute Gasteiger partial charge is 0.344 e. The van der Waals surface area contributed by atoms with E-state index in [1.807, 2.05) is 0 Å². The standard InChI is InChI=1S/C35H26BrClF6N8O4S/c1-49-29-24(6-5-21(37)27(29)32(47-49)48-56(2,54)55)51-33(45-22-10-15(36)3-4-18(22)34(51)53)23(9-14-7-16(38)11-17(39)8-14)44-25(52)13-50-30-26(28(46-50)31(40)41)19-12-20(19)35(30,42)43/h3-8,10-11,19-20,23,31H,9,12-13H2,1-2H3,(H,44,52)(H,47,48)/t19-,20+,23?/m0/s1. The molecule has 2 aliphatic carbocycles. The summed E-state index contributed by atoms with van der Waals surface area (Å²) in [5.74, 6) is -8.91. The average Bonchev–Trinajstić information content (AvgIpc) is 3.63. The number of benzene rings is 3. The summed E-state index contributed by atoms with van der Waals surface area (Å²) in [7, 11) is -2.43. The van der Waals surface area contributed by atoms with Gasteiger partial charge in [0, 0.05) is 35.5 Å². The summed E-state index contributed by atoms with van der Waals surface area (Å²) in [6.45, 7) is -0.963. The fourth-order valence-corrected chi connectivity index (χ4v) is 8.64. The number of sulfonamides is 1. The van der Waals surface area contributed by atoms with Gasteiger partial charge < -0.3 is 5.32 Å². The van der Waals surface area contributed by atoms with Crippen LogP contribution in [-0.2, 0) is 40.8 Å². The molecule has 1 fully saturated rings. The van der Waals surface area contributed by atoms with Gasteiger partial charge in [0.05, 0.1) is 44.8 Å². The normalized spacial score (nSPS) is 17.7. The summed E-state index contributed by atoms with van der Waals surface area (Å²) in [5.41, 5.74) is -2.36. The Morgan fingerprint density at radius 2 is 1.80 bits per heavy atom. The van der Waals surface area contributed by atoms with Gasteiger partial charge in [0.2, 0.25) is 15.9 Å². The molecule has 3 aromatic heterocycles. The molecule has 0 spiro atoms. The molecule has 2 N–H and O–H groups in total. The number of hydrogen-bond acceptors (Lipinski definition) is 7. The number of alkyl halides is 4. The van der Waals surface area contributed by atoms with Crippen molar-refractivity contribution in [2.24, 2.45) is 13.0 Å². The Labute approximate surface area is 325 Å². The van der Waals surface area contributed by atoms with Gasteiger partial charge in [0.1, 0.15) is 35.4 Å². The minimum Gasteiger partial charge on any atom is -0.344 e. The summed E-state index contributed by atoms with van der Waals surface area (Å²) in [6, 6.07) is 8.46. The smallest absolute Gasteiger partial charge is 0.293 e. The van der Waals surface area contributed by atoms with Crippen molar-refractivity contribution in [1.29, 1.82) is 0 Å². The van der Waals surface area contributed by atoms with Crippen LogP contribution in [0.2, 0.25) is 5.02 Å². The van der Waals surface area contributed by atoms with E-state index >= 15 is 8.78 Å². The minimum atomic E-state index is -3.88. The molecule has 3 atom stereocenters. The molecule has 0 radical (unpaired) electrons. The Hall–Kier alpha value is -4.95. The first-order valence-corrected chi connectivity index (χ1v) is 19.8. The summed E-state index contributed by atoms with van der Waals surface area (Å²) >= 11 is 9.91. The monoisotopic (exact) mass is 882 g/mol. The molecule has 0 saturated heterocycles. The van der Waals surface area contributed by atoms with E-state index in [9.17, 15) is 35.6 Å². The molecule has 3 heterocycles. The molecule has 8 rings (SSSR count). The van der Waals surface area contributed by atoms with E-state index in [0.717, 1.165) is 23.0 Å². The van der Waals surface area contributed by atoms with Gasteiger partial charge in [-0.05, 0) is 60.4 Å². The second kappa shape index (κ2) is 13.3. The van der Waals surface area contributed by atoms with Crippen molar-refractivity contribution in [3.8, 4) is 5.69 Å². The van der Waals surface area contributed by atoms with Crippen LogP contribution >= 0.6 is 27.5 Å². The molecule has 56 heavy (non-hydrogen) atoms. The van der Waals surface area contributed by atoms with Gasteiger partial charge in [0.15, 0.2) is 5.82 Å². The van der Waals surface area contributed by atoms with Gasteiger partial charge >= 0.3 is 0 Å². The molecule has 6 aromatic rings. The first-order chi connectivity index (χ1) is 26.3. The highest BCUT2D eigenvalue weighted by molar-refractivity contribution is 9.10. The van der Waals surface area contributed by atoms with Crippen LogP contribution in [0.3, 0.4) is 0 Å². The van der Waals surface area contributed by atoms with E-state index in [1.54, 1.807) is 6.07 Å². The molecule has 3 aromatic carbocycles. The fourth-order valence-electron chi connectivity index (χ4n) is 7.55. The lowest BCUT2D eigenvalue weighted by Crippen LogP contribution is -2.38. The number of fused-ring (bicyclic) bond motifs is 5. The Balaban J connectivity index is 1.32. The zero-order valence-electron chi connectivity index (χ0n) is 28.8. The summed E-state index contributed by atoms with van der Waals surface area (Å²) in [4.78, 5) is 33.3. The van der Waals surface area contributed by atoms with Crippen molar-refractivity contribution >= 4 is 71.1 Å². The lowest BCUT2D eigenvalue weighted by atomic mass is 10.0. The number of aryl methyl sites for hydroxylation is 1.